The summed E-state index contributed by atoms with van der Waals surface area (Å²) < 4.78 is 0. The van der Waals surface area contributed by atoms with Gasteiger partial charge >= 0.3 is 0 Å². The summed E-state index contributed by atoms with van der Waals surface area (Å²) in [6, 6.07) is 0. The van der Waals surface area contributed by atoms with E-state index in [1.807, 2.05) is 10.8 Å². The van der Waals surface area contributed by atoms with Gasteiger partial charge in [0.15, 0.2) is 0 Å². The van der Waals surface area contributed by atoms with Crippen LogP contribution in [-0.2, 0) is 0 Å². The van der Waals surface area contributed by atoms with Crippen molar-refractivity contribution in [3.63, 3.8) is 0 Å². The smallest absolute Gasteiger partial charge is 0.0746 e. The second-order valence-corrected chi connectivity index (χ2v) is 4.16. The van der Waals surface area contributed by atoms with Gasteiger partial charge in [0.1, 0.15) is 0 Å². The normalized spacial score (nSPS) is 29.5. The number of hydrogen-bond acceptors (Lipinski definition) is 3. The Bertz CT molecular complexity index is 276. The Balaban J connectivity index is 2.24. The first-order valence-corrected chi connectivity index (χ1v) is 5.21. The maximum Gasteiger partial charge on any atom is 0.0746 e. The zero-order chi connectivity index (χ0) is 8.55. The highest BCUT2D eigenvalue weighted by Gasteiger charge is 2.28. The Morgan fingerprint density at radius 1 is 1.50 bits per heavy atom. The number of β-amino-alcohol motifs (C(OH)–C–C–N with tert-alkyl or cyclic N) is 1. The maximum absolute atomic E-state index is 9.57. The third-order valence-corrected chi connectivity index (χ3v) is 3.44. The fourth-order valence-electron chi connectivity index (χ4n) is 1.54. The molecule has 2 heterocycles. The van der Waals surface area contributed by atoms with Crippen LogP contribution in [0.5, 0.6) is 0 Å². The average molecular weight is 204 g/mol. The molecule has 0 spiro atoms. The molecular weight excluding hydrogens is 194 g/mol. The molecule has 0 unspecified atom stereocenters. The Morgan fingerprint density at radius 2 is 2.33 bits per heavy atom. The summed E-state index contributed by atoms with van der Waals surface area (Å²) in [6.07, 6.45) is -0.280. The molecular formula is C8H10ClNOS. The predicted octanol–water partition coefficient (Wildman–Crippen LogP) is 1.45. The monoisotopic (exact) mass is 203 g/mol. The molecule has 2 nitrogen and oxygen atoms in total. The molecule has 0 aromatic carbocycles. The van der Waals surface area contributed by atoms with E-state index in [1.54, 1.807) is 11.3 Å². The van der Waals surface area contributed by atoms with Gasteiger partial charge in [-0.3, -0.25) is 0 Å². The van der Waals surface area contributed by atoms with Crippen molar-refractivity contribution < 1.29 is 5.11 Å². The second-order valence-electron chi connectivity index (χ2n) is 3.01. The van der Waals surface area contributed by atoms with Crippen LogP contribution in [0.2, 0.25) is 5.02 Å². The minimum atomic E-state index is -0.280. The molecule has 0 saturated carbocycles. The molecule has 0 bridgehead atoms. The van der Waals surface area contributed by atoms with Crippen LogP contribution in [0.1, 0.15) is 11.5 Å². The Morgan fingerprint density at radius 3 is 2.83 bits per heavy atom. The van der Waals surface area contributed by atoms with Crippen molar-refractivity contribution in [2.45, 2.75) is 12.0 Å². The van der Waals surface area contributed by atoms with Gasteiger partial charge in [-0.15, -0.1) is 0 Å². The predicted molar refractivity (Wildman–Crippen MR) is 50.9 cm³/mol. The summed E-state index contributed by atoms with van der Waals surface area (Å²) in [7, 11) is 0. The van der Waals surface area contributed by atoms with E-state index in [0.29, 0.717) is 6.54 Å². The highest BCUT2D eigenvalue weighted by Crippen LogP contribution is 2.31. The number of thiophene rings is 1. The van der Waals surface area contributed by atoms with Gasteiger partial charge in [0, 0.05) is 24.4 Å². The Hall–Kier alpha value is -0.0900. The van der Waals surface area contributed by atoms with Crippen LogP contribution in [0.4, 0.5) is 0 Å². The summed E-state index contributed by atoms with van der Waals surface area (Å²) in [5, 5.41) is 17.4. The molecule has 1 saturated heterocycles. The van der Waals surface area contributed by atoms with E-state index in [-0.39, 0.29) is 12.0 Å². The van der Waals surface area contributed by atoms with Gasteiger partial charge in [0.25, 0.3) is 0 Å². The number of aliphatic hydroxyl groups excluding tert-OH is 1. The Labute approximate surface area is 80.2 Å². The first-order valence-electron chi connectivity index (χ1n) is 3.89. The van der Waals surface area contributed by atoms with E-state index in [0.717, 1.165) is 17.1 Å². The van der Waals surface area contributed by atoms with E-state index < -0.39 is 0 Å². The molecule has 0 amide bonds. The summed E-state index contributed by atoms with van der Waals surface area (Å²) in [4.78, 5) is 0. The molecule has 1 aliphatic heterocycles. The summed E-state index contributed by atoms with van der Waals surface area (Å²) >= 11 is 7.54. The van der Waals surface area contributed by atoms with Crippen molar-refractivity contribution in [2.24, 2.45) is 0 Å². The lowest BCUT2D eigenvalue weighted by molar-refractivity contribution is 0.178. The van der Waals surface area contributed by atoms with Crippen LogP contribution in [0.25, 0.3) is 0 Å². The first kappa shape index (κ1) is 8.51. The molecule has 12 heavy (non-hydrogen) atoms. The molecule has 1 fully saturated rings. The zero-order valence-electron chi connectivity index (χ0n) is 6.46. The summed E-state index contributed by atoms with van der Waals surface area (Å²) in [5.41, 5.74) is 1.08. The van der Waals surface area contributed by atoms with E-state index in [2.05, 4.69) is 5.32 Å². The summed E-state index contributed by atoms with van der Waals surface area (Å²) in [6.45, 7) is 1.51. The summed E-state index contributed by atoms with van der Waals surface area (Å²) in [5.74, 6) is 0.184. The van der Waals surface area contributed by atoms with Gasteiger partial charge in [-0.1, -0.05) is 11.6 Å². The van der Waals surface area contributed by atoms with Crippen LogP contribution >= 0.6 is 22.9 Å². The minimum absolute atomic E-state index is 0.184. The fourth-order valence-corrected chi connectivity index (χ4v) is 2.72. The minimum Gasteiger partial charge on any atom is -0.391 e. The number of rotatable bonds is 1. The molecule has 66 valence electrons. The maximum atomic E-state index is 9.57. The molecule has 1 aliphatic rings. The van der Waals surface area contributed by atoms with Crippen molar-refractivity contribution in [1.82, 2.24) is 5.32 Å². The lowest BCUT2D eigenvalue weighted by Crippen LogP contribution is -2.15. The number of aliphatic hydroxyl groups is 1. The van der Waals surface area contributed by atoms with Crippen molar-refractivity contribution in [1.29, 1.82) is 0 Å². The lowest BCUT2D eigenvalue weighted by atomic mass is 9.99. The van der Waals surface area contributed by atoms with E-state index >= 15 is 0 Å². The van der Waals surface area contributed by atoms with Crippen molar-refractivity contribution >= 4 is 22.9 Å². The van der Waals surface area contributed by atoms with Crippen LogP contribution in [0, 0.1) is 0 Å². The highest BCUT2D eigenvalue weighted by molar-refractivity contribution is 7.08. The SMILES string of the molecule is O[C@@H]1CNC[C@H]1c1cscc1Cl. The fraction of sp³-hybridized carbons (Fsp3) is 0.500. The van der Waals surface area contributed by atoms with Gasteiger partial charge in [0.05, 0.1) is 11.1 Å². The Kier molecular flexibility index (Phi) is 2.37. The number of nitrogens with one attached hydrogen (secondary N) is 1. The van der Waals surface area contributed by atoms with E-state index in [4.69, 9.17) is 11.6 Å². The van der Waals surface area contributed by atoms with Crippen LogP contribution in [0.3, 0.4) is 0 Å². The zero-order valence-corrected chi connectivity index (χ0v) is 8.03. The number of halogens is 1. The van der Waals surface area contributed by atoms with Gasteiger partial charge in [-0.25, -0.2) is 0 Å². The third-order valence-electron chi connectivity index (χ3n) is 2.22. The lowest BCUT2D eigenvalue weighted by Gasteiger charge is -2.11. The van der Waals surface area contributed by atoms with Crippen molar-refractivity contribution in [3.8, 4) is 0 Å². The van der Waals surface area contributed by atoms with E-state index in [9.17, 15) is 5.11 Å². The quantitative estimate of drug-likeness (QED) is 0.724. The van der Waals surface area contributed by atoms with Gasteiger partial charge in [0.2, 0.25) is 0 Å². The van der Waals surface area contributed by atoms with Crippen molar-refractivity contribution in [3.05, 3.63) is 21.3 Å². The topological polar surface area (TPSA) is 32.3 Å². The first-order chi connectivity index (χ1) is 5.79. The average Bonchev–Trinajstić information content (AvgIpc) is 2.59. The molecule has 0 radical (unpaired) electrons. The molecule has 1 aromatic rings. The standard InChI is InChI=1S/C8H10ClNOS/c9-7-4-12-3-6(7)5-1-10-2-8(5)11/h3-5,8,10-11H,1-2H2/t5-,8+/m0/s1. The largest absolute Gasteiger partial charge is 0.391 e. The van der Waals surface area contributed by atoms with Gasteiger partial charge in [-0.05, 0) is 10.9 Å². The number of hydrogen-bond donors (Lipinski definition) is 2. The van der Waals surface area contributed by atoms with Crippen molar-refractivity contribution in [2.75, 3.05) is 13.1 Å². The van der Waals surface area contributed by atoms with Gasteiger partial charge in [-0.2, -0.15) is 11.3 Å². The van der Waals surface area contributed by atoms with E-state index in [1.165, 1.54) is 0 Å². The van der Waals surface area contributed by atoms with Gasteiger partial charge < -0.3 is 10.4 Å². The second kappa shape index (κ2) is 3.34. The molecule has 0 aliphatic carbocycles. The molecule has 4 heteroatoms. The molecule has 2 N–H and O–H groups in total. The molecule has 2 rings (SSSR count). The van der Waals surface area contributed by atoms with Crippen LogP contribution < -0.4 is 5.32 Å². The van der Waals surface area contributed by atoms with Crippen LogP contribution in [0.15, 0.2) is 10.8 Å². The third kappa shape index (κ3) is 1.38. The van der Waals surface area contributed by atoms with Crippen LogP contribution in [-0.4, -0.2) is 24.3 Å². The molecule has 2 atom stereocenters. The highest BCUT2D eigenvalue weighted by atomic mass is 35.5. The molecule has 1 aromatic heterocycles.